The summed E-state index contributed by atoms with van der Waals surface area (Å²) in [6, 6.07) is 19.0. The van der Waals surface area contributed by atoms with Gasteiger partial charge in [-0.05, 0) is 38.1 Å². The average Bonchev–Trinajstić information content (AvgIpc) is 2.55. The fourth-order valence-electron chi connectivity index (χ4n) is 2.48. The molecule has 0 aromatic heterocycles. The summed E-state index contributed by atoms with van der Waals surface area (Å²) in [5.74, 6) is 1.36. The van der Waals surface area contributed by atoms with Gasteiger partial charge in [-0.3, -0.25) is 0 Å². The number of rotatable bonds is 8. The first-order chi connectivity index (χ1) is 10.3. The maximum absolute atomic E-state index is 6.00. The van der Waals surface area contributed by atoms with Gasteiger partial charge in [-0.25, -0.2) is 0 Å². The second-order valence-corrected chi connectivity index (χ2v) is 5.33. The number of unbranched alkanes of at least 4 members (excludes halogenated alkanes) is 1. The van der Waals surface area contributed by atoms with Gasteiger partial charge in [0.25, 0.3) is 0 Å². The lowest BCUT2D eigenvalue weighted by Crippen LogP contribution is -2.09. The molecule has 0 aliphatic rings. The maximum Gasteiger partial charge on any atom is 0.123 e. The van der Waals surface area contributed by atoms with Crippen molar-refractivity contribution in [3.05, 3.63) is 65.7 Å². The summed E-state index contributed by atoms with van der Waals surface area (Å²) in [7, 11) is 1.98. The Morgan fingerprint density at radius 3 is 2.36 bits per heavy atom. The Balaban J connectivity index is 0.00000242. The van der Waals surface area contributed by atoms with E-state index in [0.717, 1.165) is 31.7 Å². The van der Waals surface area contributed by atoms with Gasteiger partial charge in [-0.15, -0.1) is 12.4 Å². The molecule has 2 aromatic carbocycles. The number of para-hydroxylation sites is 1. The molecule has 0 spiro atoms. The number of nitrogens with one attached hydrogen (secondary N) is 1. The van der Waals surface area contributed by atoms with E-state index < -0.39 is 0 Å². The standard InChI is InChI=1S/C19H25NO.ClH/c1-16(17-10-4-3-5-11-17)18-12-6-7-13-19(18)21-15-9-8-14-20-2;/h3-7,10-13,16,20H,8-9,14-15H2,1-2H3;1H. The van der Waals surface area contributed by atoms with E-state index in [-0.39, 0.29) is 12.4 Å². The Morgan fingerprint density at radius 2 is 1.64 bits per heavy atom. The molecule has 0 saturated heterocycles. The van der Waals surface area contributed by atoms with Gasteiger partial charge in [0.15, 0.2) is 0 Å². The molecule has 0 amide bonds. The van der Waals surface area contributed by atoms with Crippen molar-refractivity contribution in [2.75, 3.05) is 20.2 Å². The molecule has 0 fully saturated rings. The van der Waals surface area contributed by atoms with Gasteiger partial charge in [-0.1, -0.05) is 55.5 Å². The topological polar surface area (TPSA) is 21.3 Å². The van der Waals surface area contributed by atoms with Gasteiger partial charge in [0, 0.05) is 11.5 Å². The van der Waals surface area contributed by atoms with Crippen LogP contribution in [-0.2, 0) is 0 Å². The lowest BCUT2D eigenvalue weighted by Gasteiger charge is -2.17. The third-order valence-electron chi connectivity index (χ3n) is 3.76. The number of benzene rings is 2. The highest BCUT2D eigenvalue weighted by atomic mass is 35.5. The zero-order valence-electron chi connectivity index (χ0n) is 13.4. The minimum Gasteiger partial charge on any atom is -0.493 e. The average molecular weight is 320 g/mol. The van der Waals surface area contributed by atoms with Crippen molar-refractivity contribution in [3.63, 3.8) is 0 Å². The predicted molar refractivity (Wildman–Crippen MR) is 96.3 cm³/mol. The van der Waals surface area contributed by atoms with Gasteiger partial charge in [0.1, 0.15) is 5.75 Å². The summed E-state index contributed by atoms with van der Waals surface area (Å²) in [6.07, 6.45) is 2.22. The van der Waals surface area contributed by atoms with E-state index in [0.29, 0.717) is 5.92 Å². The van der Waals surface area contributed by atoms with Crippen LogP contribution < -0.4 is 10.1 Å². The Morgan fingerprint density at radius 1 is 0.955 bits per heavy atom. The van der Waals surface area contributed by atoms with Gasteiger partial charge in [0.05, 0.1) is 6.61 Å². The van der Waals surface area contributed by atoms with Crippen molar-refractivity contribution in [2.45, 2.75) is 25.7 Å². The fraction of sp³-hybridized carbons (Fsp3) is 0.368. The zero-order chi connectivity index (χ0) is 14.9. The van der Waals surface area contributed by atoms with E-state index in [1.54, 1.807) is 0 Å². The molecule has 2 nitrogen and oxygen atoms in total. The molecule has 0 bridgehead atoms. The second-order valence-electron chi connectivity index (χ2n) is 5.33. The third kappa shape index (κ3) is 5.36. The molecule has 0 radical (unpaired) electrons. The van der Waals surface area contributed by atoms with Gasteiger partial charge in [0.2, 0.25) is 0 Å². The maximum atomic E-state index is 6.00. The van der Waals surface area contributed by atoms with Crippen molar-refractivity contribution in [2.24, 2.45) is 0 Å². The lowest BCUT2D eigenvalue weighted by molar-refractivity contribution is 0.303. The van der Waals surface area contributed by atoms with Crippen molar-refractivity contribution < 1.29 is 4.74 Å². The number of hydrogen-bond donors (Lipinski definition) is 1. The Labute approximate surface area is 140 Å². The minimum absolute atomic E-state index is 0. The third-order valence-corrected chi connectivity index (χ3v) is 3.76. The van der Waals surface area contributed by atoms with Crippen molar-refractivity contribution in [3.8, 4) is 5.75 Å². The molecule has 0 aliphatic carbocycles. The van der Waals surface area contributed by atoms with Crippen molar-refractivity contribution in [1.29, 1.82) is 0 Å². The number of halogens is 1. The molecule has 2 rings (SSSR count). The summed E-state index contributed by atoms with van der Waals surface area (Å²) >= 11 is 0. The molecule has 0 saturated carbocycles. The Kier molecular flexibility index (Phi) is 8.64. The van der Waals surface area contributed by atoms with E-state index in [1.807, 2.05) is 13.1 Å². The smallest absolute Gasteiger partial charge is 0.123 e. The fourth-order valence-corrected chi connectivity index (χ4v) is 2.48. The molecule has 120 valence electrons. The highest BCUT2D eigenvalue weighted by Crippen LogP contribution is 2.31. The first-order valence-corrected chi connectivity index (χ1v) is 7.74. The molecule has 0 heterocycles. The normalized spacial score (nSPS) is 11.5. The van der Waals surface area contributed by atoms with Crippen LogP contribution in [-0.4, -0.2) is 20.2 Å². The largest absolute Gasteiger partial charge is 0.493 e. The molecular formula is C19H26ClNO. The van der Waals surface area contributed by atoms with Gasteiger partial charge in [-0.2, -0.15) is 0 Å². The van der Waals surface area contributed by atoms with Crippen LogP contribution in [0.5, 0.6) is 5.75 Å². The Bertz CT molecular complexity index is 530. The molecular weight excluding hydrogens is 294 g/mol. The lowest BCUT2D eigenvalue weighted by atomic mass is 9.92. The quantitative estimate of drug-likeness (QED) is 0.716. The minimum atomic E-state index is 0. The molecule has 3 heteroatoms. The summed E-state index contributed by atoms with van der Waals surface area (Å²) in [5, 5.41) is 3.16. The predicted octanol–water partition coefficient (Wildman–Crippen LogP) is 4.64. The summed E-state index contributed by atoms with van der Waals surface area (Å²) < 4.78 is 6.00. The molecule has 2 aromatic rings. The SMILES string of the molecule is CNCCCCOc1ccccc1C(C)c1ccccc1.Cl. The van der Waals surface area contributed by atoms with Crippen molar-refractivity contribution in [1.82, 2.24) is 5.32 Å². The van der Waals surface area contributed by atoms with Crippen LogP contribution >= 0.6 is 12.4 Å². The highest BCUT2D eigenvalue weighted by molar-refractivity contribution is 5.85. The molecule has 22 heavy (non-hydrogen) atoms. The summed E-state index contributed by atoms with van der Waals surface area (Å²) in [6.45, 7) is 4.06. The van der Waals surface area contributed by atoms with E-state index in [4.69, 9.17) is 4.74 Å². The molecule has 1 unspecified atom stereocenters. The van der Waals surface area contributed by atoms with Crippen LogP contribution in [0.1, 0.15) is 36.8 Å². The van der Waals surface area contributed by atoms with Gasteiger partial charge >= 0.3 is 0 Å². The van der Waals surface area contributed by atoms with E-state index >= 15 is 0 Å². The summed E-state index contributed by atoms with van der Waals surface area (Å²) in [4.78, 5) is 0. The van der Waals surface area contributed by atoms with Crippen LogP contribution in [0.25, 0.3) is 0 Å². The van der Waals surface area contributed by atoms with Crippen LogP contribution in [0.2, 0.25) is 0 Å². The van der Waals surface area contributed by atoms with Crippen LogP contribution in [0, 0.1) is 0 Å². The molecule has 1 N–H and O–H groups in total. The molecule has 1 atom stereocenters. The number of hydrogen-bond acceptors (Lipinski definition) is 2. The highest BCUT2D eigenvalue weighted by Gasteiger charge is 2.12. The number of ether oxygens (including phenoxy) is 1. The zero-order valence-corrected chi connectivity index (χ0v) is 14.2. The monoisotopic (exact) mass is 319 g/mol. The first-order valence-electron chi connectivity index (χ1n) is 7.74. The van der Waals surface area contributed by atoms with E-state index in [2.05, 4.69) is 60.8 Å². The van der Waals surface area contributed by atoms with E-state index in [1.165, 1.54) is 11.1 Å². The van der Waals surface area contributed by atoms with Gasteiger partial charge < -0.3 is 10.1 Å². The second kappa shape index (κ2) is 10.3. The first kappa shape index (κ1) is 18.5. The van der Waals surface area contributed by atoms with Crippen LogP contribution in [0.15, 0.2) is 54.6 Å². The summed E-state index contributed by atoms with van der Waals surface area (Å²) in [5.41, 5.74) is 2.58. The van der Waals surface area contributed by atoms with Crippen LogP contribution in [0.3, 0.4) is 0 Å². The molecule has 0 aliphatic heterocycles. The van der Waals surface area contributed by atoms with E-state index in [9.17, 15) is 0 Å². The Hall–Kier alpha value is -1.51. The van der Waals surface area contributed by atoms with Crippen molar-refractivity contribution >= 4 is 12.4 Å². The van der Waals surface area contributed by atoms with Crippen LogP contribution in [0.4, 0.5) is 0 Å².